The van der Waals surface area contributed by atoms with Crippen molar-refractivity contribution in [3.8, 4) is 0 Å². The summed E-state index contributed by atoms with van der Waals surface area (Å²) in [6.07, 6.45) is 1.20. The SMILES string of the molecule is CC(C)(C)[Si](C)(C)OC[C@H]1OC(OC(=O)c2ccccc2)C=CC1=O. The van der Waals surface area contributed by atoms with Crippen molar-refractivity contribution in [2.24, 2.45) is 0 Å². The van der Waals surface area contributed by atoms with Gasteiger partial charge in [-0.1, -0.05) is 39.0 Å². The Morgan fingerprint density at radius 3 is 2.44 bits per heavy atom. The summed E-state index contributed by atoms with van der Waals surface area (Å²) in [7, 11) is -1.99. The van der Waals surface area contributed by atoms with Gasteiger partial charge in [0.2, 0.25) is 6.29 Å². The van der Waals surface area contributed by atoms with E-state index in [0.717, 1.165) is 0 Å². The maximum Gasteiger partial charge on any atom is 0.340 e. The lowest BCUT2D eigenvalue weighted by Crippen LogP contribution is -2.45. The molecule has 5 nitrogen and oxygen atoms in total. The minimum absolute atomic E-state index is 0.0414. The van der Waals surface area contributed by atoms with Gasteiger partial charge < -0.3 is 13.9 Å². The number of rotatable bonds is 5. The quantitative estimate of drug-likeness (QED) is 0.590. The van der Waals surface area contributed by atoms with Crippen LogP contribution in [-0.2, 0) is 18.7 Å². The highest BCUT2D eigenvalue weighted by Gasteiger charge is 2.39. The van der Waals surface area contributed by atoms with Gasteiger partial charge in [0.15, 0.2) is 14.1 Å². The zero-order chi connectivity index (χ0) is 18.7. The molecule has 0 spiro atoms. The van der Waals surface area contributed by atoms with E-state index < -0.39 is 26.7 Å². The van der Waals surface area contributed by atoms with Crippen LogP contribution in [0.3, 0.4) is 0 Å². The van der Waals surface area contributed by atoms with Gasteiger partial charge in [0.05, 0.1) is 12.2 Å². The lowest BCUT2D eigenvalue weighted by atomic mass is 10.2. The number of carbonyl (C=O) groups excluding carboxylic acids is 2. The van der Waals surface area contributed by atoms with Crippen molar-refractivity contribution in [3.05, 3.63) is 48.0 Å². The zero-order valence-corrected chi connectivity index (χ0v) is 16.4. The van der Waals surface area contributed by atoms with Crippen LogP contribution < -0.4 is 0 Å². The van der Waals surface area contributed by atoms with E-state index in [9.17, 15) is 9.59 Å². The highest BCUT2D eigenvalue weighted by Crippen LogP contribution is 2.36. The predicted molar refractivity (Wildman–Crippen MR) is 97.8 cm³/mol. The Balaban J connectivity index is 1.96. The fraction of sp³-hybridized carbons (Fsp3) is 0.474. The van der Waals surface area contributed by atoms with Crippen molar-refractivity contribution in [2.75, 3.05) is 6.61 Å². The van der Waals surface area contributed by atoms with Gasteiger partial charge in [-0.05, 0) is 42.4 Å². The van der Waals surface area contributed by atoms with Gasteiger partial charge in [-0.2, -0.15) is 0 Å². The Hall–Kier alpha value is -1.76. The summed E-state index contributed by atoms with van der Waals surface area (Å²) in [4.78, 5) is 24.1. The van der Waals surface area contributed by atoms with Crippen molar-refractivity contribution in [2.45, 2.75) is 51.3 Å². The summed E-state index contributed by atoms with van der Waals surface area (Å²) < 4.78 is 17.0. The summed E-state index contributed by atoms with van der Waals surface area (Å²) in [5, 5.41) is 0.0414. The fourth-order valence-electron chi connectivity index (χ4n) is 1.99. The van der Waals surface area contributed by atoms with Crippen molar-refractivity contribution < 1.29 is 23.5 Å². The van der Waals surface area contributed by atoms with E-state index in [1.54, 1.807) is 24.3 Å². The molecule has 0 radical (unpaired) electrons. The van der Waals surface area contributed by atoms with Crippen LogP contribution in [0.25, 0.3) is 0 Å². The van der Waals surface area contributed by atoms with Crippen LogP contribution in [0.2, 0.25) is 18.1 Å². The molecule has 0 N–H and O–H groups in total. The van der Waals surface area contributed by atoms with Gasteiger partial charge >= 0.3 is 5.97 Å². The molecule has 2 atom stereocenters. The van der Waals surface area contributed by atoms with Crippen LogP contribution in [0.15, 0.2) is 42.5 Å². The Morgan fingerprint density at radius 2 is 1.84 bits per heavy atom. The highest BCUT2D eigenvalue weighted by molar-refractivity contribution is 6.74. The number of esters is 1. The fourth-order valence-corrected chi connectivity index (χ4v) is 2.99. The van der Waals surface area contributed by atoms with Crippen molar-refractivity contribution in [3.63, 3.8) is 0 Å². The molecular weight excluding hydrogens is 336 g/mol. The number of ether oxygens (including phenoxy) is 2. The molecule has 1 aliphatic heterocycles. The van der Waals surface area contributed by atoms with Crippen molar-refractivity contribution in [1.82, 2.24) is 0 Å². The minimum atomic E-state index is -1.99. The second-order valence-electron chi connectivity index (χ2n) is 7.60. The Labute approximate surface area is 150 Å². The van der Waals surface area contributed by atoms with Gasteiger partial charge in [0, 0.05) is 0 Å². The molecular formula is C19H26O5Si. The Morgan fingerprint density at radius 1 is 1.20 bits per heavy atom. The third kappa shape index (κ3) is 5.10. The standard InChI is InChI=1S/C19H26O5Si/c1-19(2,3)25(4,5)22-13-16-15(20)11-12-17(23-16)24-18(21)14-9-7-6-8-10-14/h6-12,16-17H,13H2,1-5H3/t16-,17?/m1/s1. The maximum absolute atomic E-state index is 12.1. The molecule has 0 aromatic heterocycles. The molecule has 1 aromatic rings. The summed E-state index contributed by atoms with van der Waals surface area (Å²) >= 11 is 0. The number of ketones is 1. The number of hydrogen-bond donors (Lipinski definition) is 0. The topological polar surface area (TPSA) is 61.8 Å². The molecule has 0 bridgehead atoms. The minimum Gasteiger partial charge on any atom is -0.428 e. The van der Waals surface area contributed by atoms with Crippen LogP contribution in [0.5, 0.6) is 0 Å². The van der Waals surface area contributed by atoms with Crippen molar-refractivity contribution >= 4 is 20.1 Å². The second kappa shape index (κ2) is 7.64. The zero-order valence-electron chi connectivity index (χ0n) is 15.4. The molecule has 0 fully saturated rings. The van der Waals surface area contributed by atoms with Crippen LogP contribution in [0.1, 0.15) is 31.1 Å². The highest BCUT2D eigenvalue weighted by atomic mass is 28.4. The van der Waals surface area contributed by atoms with Gasteiger partial charge in [-0.15, -0.1) is 0 Å². The van der Waals surface area contributed by atoms with Crippen LogP contribution >= 0.6 is 0 Å². The summed E-state index contributed by atoms with van der Waals surface area (Å²) in [5.74, 6) is -0.667. The molecule has 2 rings (SSSR count). The van der Waals surface area contributed by atoms with Crippen LogP contribution in [-0.4, -0.2) is 39.1 Å². The van der Waals surface area contributed by atoms with Crippen LogP contribution in [0.4, 0.5) is 0 Å². The first-order chi connectivity index (χ1) is 11.6. The summed E-state index contributed by atoms with van der Waals surface area (Å²) in [5.41, 5.74) is 0.436. The smallest absolute Gasteiger partial charge is 0.340 e. The van der Waals surface area contributed by atoms with E-state index in [-0.39, 0.29) is 17.4 Å². The molecule has 0 amide bonds. The monoisotopic (exact) mass is 362 g/mol. The maximum atomic E-state index is 12.1. The lowest BCUT2D eigenvalue weighted by Gasteiger charge is -2.37. The molecule has 1 aliphatic rings. The van der Waals surface area contributed by atoms with E-state index in [2.05, 4.69) is 33.9 Å². The Kier molecular flexibility index (Phi) is 5.98. The average Bonchev–Trinajstić information content (AvgIpc) is 2.55. The lowest BCUT2D eigenvalue weighted by molar-refractivity contribution is -0.154. The molecule has 0 saturated carbocycles. The van der Waals surface area contributed by atoms with E-state index in [4.69, 9.17) is 13.9 Å². The first kappa shape index (κ1) is 19.6. The first-order valence-corrected chi connectivity index (χ1v) is 11.3. The number of carbonyl (C=O) groups is 2. The molecule has 1 aromatic carbocycles. The first-order valence-electron chi connectivity index (χ1n) is 8.38. The summed E-state index contributed by atoms with van der Waals surface area (Å²) in [6.45, 7) is 10.8. The predicted octanol–water partition coefficient (Wildman–Crippen LogP) is 3.72. The molecule has 136 valence electrons. The molecule has 0 saturated heterocycles. The largest absolute Gasteiger partial charge is 0.428 e. The van der Waals surface area contributed by atoms with E-state index in [0.29, 0.717) is 5.56 Å². The third-order valence-electron chi connectivity index (χ3n) is 4.67. The molecule has 25 heavy (non-hydrogen) atoms. The normalized spacial score (nSPS) is 21.2. The molecule has 6 heteroatoms. The van der Waals surface area contributed by atoms with Gasteiger partial charge in [0.1, 0.15) is 6.10 Å². The number of benzene rings is 1. The average molecular weight is 362 g/mol. The van der Waals surface area contributed by atoms with Crippen molar-refractivity contribution in [1.29, 1.82) is 0 Å². The van der Waals surface area contributed by atoms with Gasteiger partial charge in [-0.3, -0.25) is 4.79 Å². The van der Waals surface area contributed by atoms with E-state index in [1.807, 2.05) is 6.07 Å². The molecule has 1 heterocycles. The van der Waals surface area contributed by atoms with E-state index in [1.165, 1.54) is 12.2 Å². The van der Waals surface area contributed by atoms with E-state index >= 15 is 0 Å². The second-order valence-corrected chi connectivity index (χ2v) is 12.4. The third-order valence-corrected chi connectivity index (χ3v) is 9.17. The molecule has 0 aliphatic carbocycles. The summed E-state index contributed by atoms with van der Waals surface area (Å²) in [6, 6.07) is 8.66. The Bertz CT molecular complexity index is 646. The van der Waals surface area contributed by atoms with Gasteiger partial charge in [-0.25, -0.2) is 4.79 Å². The van der Waals surface area contributed by atoms with Crippen LogP contribution in [0, 0.1) is 0 Å². The number of hydrogen-bond acceptors (Lipinski definition) is 5. The molecule has 1 unspecified atom stereocenters. The van der Waals surface area contributed by atoms with Gasteiger partial charge in [0.25, 0.3) is 0 Å².